The molecule has 0 rings (SSSR count). The molecule has 0 bridgehead atoms. The zero-order valence-electron chi connectivity index (χ0n) is 40.4. The summed E-state index contributed by atoms with van der Waals surface area (Å²) in [5.74, 6) is -0.906. The average Bonchev–Trinajstić information content (AvgIpc) is 3.26. The van der Waals surface area contributed by atoms with E-state index in [1.54, 1.807) is 0 Å². The van der Waals surface area contributed by atoms with Crippen molar-refractivity contribution < 1.29 is 28.6 Å². The third-order valence-electron chi connectivity index (χ3n) is 11.3. The van der Waals surface area contributed by atoms with E-state index in [1.165, 1.54) is 135 Å². The zero-order chi connectivity index (χ0) is 44.4. The summed E-state index contributed by atoms with van der Waals surface area (Å²) in [5, 5.41) is 0. The number of rotatable bonds is 47. The highest BCUT2D eigenvalue weighted by Gasteiger charge is 2.19. The zero-order valence-corrected chi connectivity index (χ0v) is 40.4. The first kappa shape index (κ1) is 58.4. The van der Waals surface area contributed by atoms with Gasteiger partial charge in [-0.2, -0.15) is 0 Å². The van der Waals surface area contributed by atoms with Crippen molar-refractivity contribution in [3.8, 4) is 0 Å². The van der Waals surface area contributed by atoms with Crippen LogP contribution in [-0.2, 0) is 28.6 Å². The molecule has 354 valence electrons. The minimum absolute atomic E-state index is 0.0824. The highest BCUT2D eigenvalue weighted by molar-refractivity contribution is 5.71. The molecule has 0 saturated carbocycles. The molecule has 0 aromatic rings. The number of unbranched alkanes of at least 4 members (excludes halogenated alkanes) is 28. The molecular weight excluding hydrogens is 757 g/mol. The third kappa shape index (κ3) is 48.3. The van der Waals surface area contributed by atoms with E-state index in [0.29, 0.717) is 19.3 Å². The first-order chi connectivity index (χ1) is 30.0. The second-order valence-corrected chi connectivity index (χ2v) is 17.4. The second kappa shape index (κ2) is 50.0. The minimum atomic E-state index is -0.784. The monoisotopic (exact) mass is 855 g/mol. The van der Waals surface area contributed by atoms with E-state index >= 15 is 0 Å². The molecule has 0 aromatic carbocycles. The van der Waals surface area contributed by atoms with Gasteiger partial charge in [-0.25, -0.2) is 0 Å². The van der Waals surface area contributed by atoms with Gasteiger partial charge in [0.15, 0.2) is 6.10 Å². The van der Waals surface area contributed by atoms with Gasteiger partial charge in [0.25, 0.3) is 0 Å². The Hall–Kier alpha value is -2.63. The number of carbonyl (C=O) groups excluding carboxylic acids is 3. The average molecular weight is 855 g/mol. The van der Waals surface area contributed by atoms with Gasteiger partial charge in [-0.1, -0.05) is 236 Å². The molecule has 6 nitrogen and oxygen atoms in total. The fourth-order valence-electron chi connectivity index (χ4n) is 7.43. The van der Waals surface area contributed by atoms with Crippen LogP contribution >= 0.6 is 0 Å². The Morgan fingerprint density at radius 2 is 0.639 bits per heavy atom. The van der Waals surface area contributed by atoms with Crippen LogP contribution in [0.15, 0.2) is 48.6 Å². The Bertz CT molecular complexity index is 1070. The molecule has 0 aliphatic carbocycles. The normalized spacial score (nSPS) is 12.4. The lowest BCUT2D eigenvalue weighted by Crippen LogP contribution is -2.30. The summed E-state index contributed by atoms with van der Waals surface area (Å²) in [5.41, 5.74) is 0. The molecule has 0 spiro atoms. The SMILES string of the molecule is CC/C=C\C/C=C\C/C=C\C/C=C\CCCCCC(=O)OC(COC(=O)CCCCCCCCCCCC)COC(=O)CCCCCCCCCCCCCCCCCCC. The van der Waals surface area contributed by atoms with Crippen molar-refractivity contribution in [3.05, 3.63) is 48.6 Å². The Balaban J connectivity index is 4.36. The van der Waals surface area contributed by atoms with Crippen molar-refractivity contribution in [2.45, 2.75) is 271 Å². The standard InChI is InChI=1S/C55H98O6/c1-4-7-10-13-16-19-22-24-26-28-30-31-33-36-39-42-45-48-54(57)60-51-52(50-59-53(56)47-44-41-38-35-21-18-15-12-9-6-3)61-55(58)49-46-43-40-37-34-32-29-27-25-23-20-17-14-11-8-5-2/h8,11,17,20,25,27,32,34,52H,4-7,9-10,12-16,18-19,21-24,26,28-31,33,35-51H2,1-3H3/b11-8-,20-17-,27-25-,34-32-. The van der Waals surface area contributed by atoms with E-state index in [2.05, 4.69) is 69.4 Å². The Morgan fingerprint density at radius 3 is 1.00 bits per heavy atom. The van der Waals surface area contributed by atoms with Crippen LogP contribution in [0.4, 0.5) is 0 Å². The molecule has 6 heteroatoms. The number of hydrogen-bond acceptors (Lipinski definition) is 6. The fraction of sp³-hybridized carbons (Fsp3) is 0.800. The van der Waals surface area contributed by atoms with Crippen molar-refractivity contribution >= 4 is 17.9 Å². The molecule has 61 heavy (non-hydrogen) atoms. The van der Waals surface area contributed by atoms with Crippen molar-refractivity contribution in [2.75, 3.05) is 13.2 Å². The number of hydrogen-bond donors (Lipinski definition) is 0. The molecule has 0 saturated heterocycles. The summed E-state index contributed by atoms with van der Waals surface area (Å²) in [6.07, 6.45) is 59.5. The number of esters is 3. The Morgan fingerprint density at radius 1 is 0.344 bits per heavy atom. The van der Waals surface area contributed by atoms with Crippen molar-refractivity contribution in [3.63, 3.8) is 0 Å². The highest BCUT2D eigenvalue weighted by atomic mass is 16.6. The second-order valence-electron chi connectivity index (χ2n) is 17.4. The summed E-state index contributed by atoms with van der Waals surface area (Å²) in [7, 11) is 0. The van der Waals surface area contributed by atoms with Gasteiger partial charge >= 0.3 is 17.9 Å². The summed E-state index contributed by atoms with van der Waals surface area (Å²) < 4.78 is 16.8. The molecule has 0 N–H and O–H groups in total. The van der Waals surface area contributed by atoms with Crippen LogP contribution in [0.2, 0.25) is 0 Å². The summed E-state index contributed by atoms with van der Waals surface area (Å²) in [4.78, 5) is 37.9. The van der Waals surface area contributed by atoms with Crippen molar-refractivity contribution in [1.82, 2.24) is 0 Å². The summed E-state index contributed by atoms with van der Waals surface area (Å²) in [6.45, 7) is 6.51. The molecule has 0 aliphatic rings. The Labute approximate surface area is 378 Å². The van der Waals surface area contributed by atoms with Gasteiger partial charge in [-0.15, -0.1) is 0 Å². The molecule has 0 heterocycles. The largest absolute Gasteiger partial charge is 0.462 e. The van der Waals surface area contributed by atoms with Crippen LogP contribution < -0.4 is 0 Å². The van der Waals surface area contributed by atoms with Gasteiger partial charge in [-0.05, 0) is 57.8 Å². The quantitative estimate of drug-likeness (QED) is 0.0263. The molecule has 0 fully saturated rings. The predicted octanol–water partition coefficient (Wildman–Crippen LogP) is 17.1. The van der Waals surface area contributed by atoms with Crippen molar-refractivity contribution in [1.29, 1.82) is 0 Å². The summed E-state index contributed by atoms with van der Waals surface area (Å²) >= 11 is 0. The van der Waals surface area contributed by atoms with E-state index in [4.69, 9.17) is 14.2 Å². The molecule has 0 aliphatic heterocycles. The van der Waals surface area contributed by atoms with E-state index in [9.17, 15) is 14.4 Å². The van der Waals surface area contributed by atoms with Crippen LogP contribution in [0, 0.1) is 0 Å². The first-order valence-electron chi connectivity index (χ1n) is 26.1. The van der Waals surface area contributed by atoms with Crippen LogP contribution in [0.3, 0.4) is 0 Å². The highest BCUT2D eigenvalue weighted by Crippen LogP contribution is 2.16. The maximum atomic E-state index is 12.8. The lowest BCUT2D eigenvalue weighted by molar-refractivity contribution is -0.167. The van der Waals surface area contributed by atoms with Gasteiger partial charge in [0, 0.05) is 19.3 Å². The van der Waals surface area contributed by atoms with Crippen LogP contribution in [0.5, 0.6) is 0 Å². The lowest BCUT2D eigenvalue weighted by atomic mass is 10.0. The first-order valence-corrected chi connectivity index (χ1v) is 26.1. The topological polar surface area (TPSA) is 78.9 Å². The van der Waals surface area contributed by atoms with E-state index in [-0.39, 0.29) is 31.1 Å². The number of carbonyl (C=O) groups is 3. The molecule has 0 aromatic heterocycles. The fourth-order valence-corrected chi connectivity index (χ4v) is 7.43. The van der Waals surface area contributed by atoms with E-state index in [1.807, 2.05) is 0 Å². The molecule has 1 unspecified atom stereocenters. The Kier molecular flexibility index (Phi) is 47.9. The number of allylic oxidation sites excluding steroid dienone is 8. The van der Waals surface area contributed by atoms with Crippen LogP contribution in [-0.4, -0.2) is 37.2 Å². The molecule has 1 atom stereocenters. The molecule has 0 amide bonds. The third-order valence-corrected chi connectivity index (χ3v) is 11.3. The maximum Gasteiger partial charge on any atom is 0.306 e. The lowest BCUT2D eigenvalue weighted by Gasteiger charge is -2.18. The van der Waals surface area contributed by atoms with E-state index in [0.717, 1.165) is 89.9 Å². The summed E-state index contributed by atoms with van der Waals surface area (Å²) in [6, 6.07) is 0. The molecular formula is C55H98O6. The maximum absolute atomic E-state index is 12.8. The van der Waals surface area contributed by atoms with E-state index < -0.39 is 6.10 Å². The van der Waals surface area contributed by atoms with Gasteiger partial charge in [0.05, 0.1) is 0 Å². The predicted molar refractivity (Wildman–Crippen MR) is 261 cm³/mol. The van der Waals surface area contributed by atoms with Crippen LogP contribution in [0.1, 0.15) is 265 Å². The van der Waals surface area contributed by atoms with Gasteiger partial charge in [0.2, 0.25) is 0 Å². The smallest absolute Gasteiger partial charge is 0.306 e. The molecule has 0 radical (unpaired) electrons. The van der Waals surface area contributed by atoms with Crippen molar-refractivity contribution in [2.24, 2.45) is 0 Å². The van der Waals surface area contributed by atoms with Gasteiger partial charge in [0.1, 0.15) is 13.2 Å². The van der Waals surface area contributed by atoms with Gasteiger partial charge < -0.3 is 14.2 Å². The van der Waals surface area contributed by atoms with Crippen LogP contribution in [0.25, 0.3) is 0 Å². The minimum Gasteiger partial charge on any atom is -0.462 e. The van der Waals surface area contributed by atoms with Gasteiger partial charge in [-0.3, -0.25) is 14.4 Å². The number of ether oxygens (including phenoxy) is 3.